The lowest BCUT2D eigenvalue weighted by atomic mass is 10.2. The van der Waals surface area contributed by atoms with Crippen molar-refractivity contribution >= 4 is 45.4 Å². The fourth-order valence-corrected chi connectivity index (χ4v) is 1.51. The molecule has 0 saturated heterocycles. The number of halogens is 1. The second-order valence-electron chi connectivity index (χ2n) is 3.57. The van der Waals surface area contributed by atoms with Crippen LogP contribution in [0.15, 0.2) is 53.3 Å². The number of nitrogens with zero attached hydrogens (tertiary/aromatic N) is 1. The van der Waals surface area contributed by atoms with Crippen LogP contribution in [-0.4, -0.2) is 10.1 Å². The number of hydrogen-bond acceptors (Lipinski definition) is 2. The van der Waals surface area contributed by atoms with Gasteiger partial charge in [0.2, 0.25) is 0 Å². The molecule has 1 aromatic carbocycles. The van der Waals surface area contributed by atoms with Gasteiger partial charge in [0.1, 0.15) is 0 Å². The van der Waals surface area contributed by atoms with Gasteiger partial charge in [-0.05, 0) is 47.6 Å². The van der Waals surface area contributed by atoms with Gasteiger partial charge in [0, 0.05) is 16.9 Å². The lowest BCUT2D eigenvalue weighted by molar-refractivity contribution is 1.32. The summed E-state index contributed by atoms with van der Waals surface area (Å²) in [4.78, 5) is 3.97. The molecule has 3 nitrogen and oxygen atoms in total. The maximum atomic E-state index is 4.62. The summed E-state index contributed by atoms with van der Waals surface area (Å²) in [6, 6.07) is 12.2. The fraction of sp³-hybridized carbons (Fsp3) is 0. The first kappa shape index (κ1) is 15.3. The van der Waals surface area contributed by atoms with Crippen molar-refractivity contribution in [2.45, 2.75) is 0 Å². The van der Waals surface area contributed by atoms with E-state index in [1.165, 1.54) is 5.56 Å². The number of thiocarbonyl (C=S) groups is 1. The van der Waals surface area contributed by atoms with Crippen LogP contribution in [0.4, 0.5) is 0 Å². The summed E-state index contributed by atoms with van der Waals surface area (Å²) in [5, 5.41) is 0.000000000000000222. The van der Waals surface area contributed by atoms with Crippen molar-refractivity contribution in [3.8, 4) is 0 Å². The van der Waals surface area contributed by atoms with Gasteiger partial charge in [-0.15, -0.1) is 0 Å². The number of rotatable bonds is 2. The Kier molecular flexibility index (Phi) is 6.78. The zero-order chi connectivity index (χ0) is 14.1. The molecule has 5 heteroatoms. The van der Waals surface area contributed by atoms with Crippen LogP contribution < -0.4 is 11.5 Å². The van der Waals surface area contributed by atoms with Crippen molar-refractivity contribution in [3.63, 3.8) is 0 Å². The third-order valence-electron chi connectivity index (χ3n) is 2.04. The molecular formula is C14H14BrN3S. The SMILES string of the molecule is Brc1ccc(/C=C/c2ccncc2)cc1.NC(N)=S. The first-order chi connectivity index (χ1) is 9.08. The van der Waals surface area contributed by atoms with Crippen LogP contribution in [0.3, 0.4) is 0 Å². The fourth-order valence-electron chi connectivity index (χ4n) is 1.24. The topological polar surface area (TPSA) is 64.9 Å². The number of aromatic nitrogens is 1. The molecule has 2 aromatic rings. The summed E-state index contributed by atoms with van der Waals surface area (Å²) >= 11 is 7.50. The summed E-state index contributed by atoms with van der Waals surface area (Å²) in [5.41, 5.74) is 11.6. The molecule has 0 atom stereocenters. The summed E-state index contributed by atoms with van der Waals surface area (Å²) in [7, 11) is 0. The quantitative estimate of drug-likeness (QED) is 0.827. The van der Waals surface area contributed by atoms with E-state index in [-0.39, 0.29) is 5.11 Å². The van der Waals surface area contributed by atoms with Gasteiger partial charge in [-0.3, -0.25) is 4.98 Å². The molecule has 0 fully saturated rings. The molecule has 1 heterocycles. The average Bonchev–Trinajstić information content (AvgIpc) is 2.39. The number of pyridine rings is 1. The first-order valence-corrected chi connectivity index (χ1v) is 6.66. The highest BCUT2D eigenvalue weighted by Gasteiger charge is 1.88. The van der Waals surface area contributed by atoms with E-state index in [0.717, 1.165) is 10.0 Å². The van der Waals surface area contributed by atoms with Gasteiger partial charge >= 0.3 is 0 Å². The predicted molar refractivity (Wildman–Crippen MR) is 88.3 cm³/mol. The molecule has 98 valence electrons. The Hall–Kier alpha value is -1.72. The molecule has 1 aromatic heterocycles. The predicted octanol–water partition coefficient (Wildman–Crippen LogP) is 3.20. The Morgan fingerprint density at radius 3 is 1.84 bits per heavy atom. The maximum absolute atomic E-state index is 4.62. The normalized spacial score (nSPS) is 9.74. The van der Waals surface area contributed by atoms with E-state index in [9.17, 15) is 0 Å². The van der Waals surface area contributed by atoms with Crippen molar-refractivity contribution in [2.75, 3.05) is 0 Å². The van der Waals surface area contributed by atoms with E-state index in [2.05, 4.69) is 68.9 Å². The van der Waals surface area contributed by atoms with E-state index >= 15 is 0 Å². The minimum atomic E-state index is 0.000000000000000222. The molecule has 0 bridgehead atoms. The Morgan fingerprint density at radius 1 is 0.947 bits per heavy atom. The van der Waals surface area contributed by atoms with Crippen LogP contribution in [0, 0.1) is 0 Å². The zero-order valence-electron chi connectivity index (χ0n) is 10.2. The van der Waals surface area contributed by atoms with E-state index in [1.807, 2.05) is 24.3 Å². The van der Waals surface area contributed by atoms with Crippen molar-refractivity contribution < 1.29 is 0 Å². The van der Waals surface area contributed by atoms with E-state index < -0.39 is 0 Å². The van der Waals surface area contributed by atoms with Gasteiger partial charge in [-0.25, -0.2) is 0 Å². The highest BCUT2D eigenvalue weighted by molar-refractivity contribution is 9.10. The van der Waals surface area contributed by atoms with Crippen molar-refractivity contribution in [2.24, 2.45) is 11.5 Å². The molecule has 0 aliphatic rings. The highest BCUT2D eigenvalue weighted by atomic mass is 79.9. The van der Waals surface area contributed by atoms with Gasteiger partial charge in [0.05, 0.1) is 0 Å². The van der Waals surface area contributed by atoms with Crippen molar-refractivity contribution in [1.29, 1.82) is 0 Å². The summed E-state index contributed by atoms with van der Waals surface area (Å²) in [5.74, 6) is 0. The van der Waals surface area contributed by atoms with Gasteiger partial charge in [0.15, 0.2) is 5.11 Å². The smallest absolute Gasteiger partial charge is 0.160 e. The zero-order valence-corrected chi connectivity index (χ0v) is 12.6. The standard InChI is InChI=1S/C13H10BrN.CH4N2S/c14-13-5-3-11(4-6-13)1-2-12-7-9-15-10-8-12;2-1(3)4/h1-10H;(H4,2,3,4)/b2-1+;. The van der Waals surface area contributed by atoms with Crippen LogP contribution in [0.2, 0.25) is 0 Å². The van der Waals surface area contributed by atoms with Crippen LogP contribution in [0.25, 0.3) is 12.2 Å². The lowest BCUT2D eigenvalue weighted by Crippen LogP contribution is -2.18. The number of nitrogens with two attached hydrogens (primary N) is 2. The molecule has 0 unspecified atom stereocenters. The number of benzene rings is 1. The van der Waals surface area contributed by atoms with Crippen LogP contribution in [0.5, 0.6) is 0 Å². The number of hydrogen-bond donors (Lipinski definition) is 2. The molecule has 2 rings (SSSR count). The third kappa shape index (κ3) is 7.33. The maximum Gasteiger partial charge on any atom is 0.160 e. The molecule has 0 aliphatic heterocycles. The van der Waals surface area contributed by atoms with Gasteiger partial charge < -0.3 is 11.5 Å². The minimum Gasteiger partial charge on any atom is -0.377 e. The average molecular weight is 336 g/mol. The summed E-state index contributed by atoms with van der Waals surface area (Å²) < 4.78 is 1.10. The largest absolute Gasteiger partial charge is 0.377 e. The highest BCUT2D eigenvalue weighted by Crippen LogP contribution is 2.12. The second-order valence-corrected chi connectivity index (χ2v) is 4.95. The van der Waals surface area contributed by atoms with Gasteiger partial charge in [-0.1, -0.05) is 40.2 Å². The Bertz CT molecular complexity index is 534. The van der Waals surface area contributed by atoms with E-state index in [0.29, 0.717) is 0 Å². The lowest BCUT2D eigenvalue weighted by Gasteiger charge is -1.94. The minimum absolute atomic E-state index is 0.000000000000000222. The Balaban J connectivity index is 0.000000399. The first-order valence-electron chi connectivity index (χ1n) is 5.46. The van der Waals surface area contributed by atoms with Crippen LogP contribution in [0.1, 0.15) is 11.1 Å². The monoisotopic (exact) mass is 335 g/mol. The van der Waals surface area contributed by atoms with Gasteiger partial charge in [-0.2, -0.15) is 0 Å². The molecule has 19 heavy (non-hydrogen) atoms. The molecule has 0 amide bonds. The third-order valence-corrected chi connectivity index (χ3v) is 2.57. The van der Waals surface area contributed by atoms with E-state index in [1.54, 1.807) is 12.4 Å². The molecule has 4 N–H and O–H groups in total. The van der Waals surface area contributed by atoms with Crippen LogP contribution >= 0.6 is 28.1 Å². The second kappa shape index (κ2) is 8.39. The summed E-state index contributed by atoms with van der Waals surface area (Å²) in [6.07, 6.45) is 7.75. The van der Waals surface area contributed by atoms with Crippen molar-refractivity contribution in [3.05, 3.63) is 64.4 Å². The van der Waals surface area contributed by atoms with Crippen molar-refractivity contribution in [1.82, 2.24) is 4.98 Å². The van der Waals surface area contributed by atoms with E-state index in [4.69, 9.17) is 0 Å². The Labute approximate surface area is 126 Å². The summed E-state index contributed by atoms with van der Waals surface area (Å²) in [6.45, 7) is 0. The molecule has 0 saturated carbocycles. The van der Waals surface area contributed by atoms with Gasteiger partial charge in [0.25, 0.3) is 0 Å². The molecule has 0 spiro atoms. The Morgan fingerprint density at radius 2 is 1.37 bits per heavy atom. The van der Waals surface area contributed by atoms with Crippen LogP contribution in [-0.2, 0) is 0 Å². The molecule has 0 aliphatic carbocycles. The molecule has 0 radical (unpaired) electrons. The molecular weight excluding hydrogens is 322 g/mol.